The predicted octanol–water partition coefficient (Wildman–Crippen LogP) is 0.979. The van der Waals surface area contributed by atoms with Crippen molar-refractivity contribution in [2.45, 2.75) is 25.7 Å². The summed E-state index contributed by atoms with van der Waals surface area (Å²) in [5.74, 6) is -2.38. The molecule has 1 N–H and O–H groups in total. The number of alkyl halides is 3. The maximum atomic E-state index is 12.3. The molecule has 1 aliphatic heterocycles. The van der Waals surface area contributed by atoms with Crippen molar-refractivity contribution < 1.29 is 22.7 Å². The maximum Gasteiger partial charge on any atom is 0.490 e. The van der Waals surface area contributed by atoms with Crippen molar-refractivity contribution in [2.24, 2.45) is 5.92 Å². The first-order valence-corrected chi connectivity index (χ1v) is 5.42. The van der Waals surface area contributed by atoms with Gasteiger partial charge in [-0.2, -0.15) is 13.2 Å². The number of carbonyl (C=O) groups excluding carboxylic acids is 1. The molecular weight excluding hydrogens is 237 g/mol. The summed E-state index contributed by atoms with van der Waals surface area (Å²) in [6.07, 6.45) is -4.96. The maximum absolute atomic E-state index is 12.3. The number of nitrogens with zero attached hydrogens (tertiary/aromatic N) is 1. The zero-order chi connectivity index (χ0) is 13.3. The summed E-state index contributed by atoms with van der Waals surface area (Å²) in [4.78, 5) is 12.6. The molecule has 1 heterocycles. The van der Waals surface area contributed by atoms with E-state index in [9.17, 15) is 18.0 Å². The lowest BCUT2D eigenvalue weighted by atomic mass is 9.95. The van der Waals surface area contributed by atoms with Crippen molar-refractivity contribution in [3.63, 3.8) is 0 Å². The molecule has 100 valence electrons. The molecule has 0 spiro atoms. The summed E-state index contributed by atoms with van der Waals surface area (Å²) in [5, 5.41) is 2.96. The highest BCUT2D eigenvalue weighted by molar-refractivity contribution is 5.76. The quantitative estimate of drug-likeness (QED) is 0.746. The minimum atomic E-state index is -4.96. The van der Waals surface area contributed by atoms with Crippen molar-refractivity contribution in [3.8, 4) is 0 Å². The van der Waals surface area contributed by atoms with Crippen LogP contribution in [0.5, 0.6) is 0 Å². The van der Waals surface area contributed by atoms with Gasteiger partial charge in [0, 0.05) is 19.0 Å². The number of halogens is 3. The number of hydrogen-bond donors (Lipinski definition) is 1. The monoisotopic (exact) mass is 254 g/mol. The fourth-order valence-corrected chi connectivity index (χ4v) is 1.93. The molecule has 1 aliphatic rings. The lowest BCUT2D eigenvalue weighted by Crippen LogP contribution is -2.65. The molecule has 0 aromatic carbocycles. The van der Waals surface area contributed by atoms with E-state index in [0.29, 0.717) is 13.1 Å². The number of esters is 1. The molecule has 0 unspecified atom stereocenters. The van der Waals surface area contributed by atoms with E-state index >= 15 is 0 Å². The SMILES string of the molecule is CC(C)[C@@]1(OC(=O)C(F)(F)F)CNCCN1C. The van der Waals surface area contributed by atoms with Gasteiger partial charge >= 0.3 is 12.1 Å². The number of hydrogen-bond acceptors (Lipinski definition) is 4. The van der Waals surface area contributed by atoms with Gasteiger partial charge < -0.3 is 10.1 Å². The molecule has 4 nitrogen and oxygen atoms in total. The van der Waals surface area contributed by atoms with Crippen LogP contribution in [0.4, 0.5) is 13.2 Å². The average molecular weight is 254 g/mol. The zero-order valence-electron chi connectivity index (χ0n) is 10.1. The van der Waals surface area contributed by atoms with E-state index < -0.39 is 17.9 Å². The lowest BCUT2D eigenvalue weighted by Gasteiger charge is -2.47. The van der Waals surface area contributed by atoms with Crippen LogP contribution < -0.4 is 5.32 Å². The van der Waals surface area contributed by atoms with E-state index in [1.807, 2.05) is 0 Å². The second-order valence-corrected chi connectivity index (χ2v) is 4.49. The summed E-state index contributed by atoms with van der Waals surface area (Å²) in [7, 11) is 1.66. The molecule has 1 rings (SSSR count). The van der Waals surface area contributed by atoms with Crippen LogP contribution in [0.2, 0.25) is 0 Å². The molecule has 0 aliphatic carbocycles. The first-order chi connectivity index (χ1) is 7.70. The standard InChI is InChI=1S/C10H17F3N2O2/c1-7(2)9(6-14-4-5-15(9)3)17-8(16)10(11,12)13/h7,14H,4-6H2,1-3H3/t9-/m0/s1. The summed E-state index contributed by atoms with van der Waals surface area (Å²) < 4.78 is 41.5. The van der Waals surface area contributed by atoms with Gasteiger partial charge in [0.2, 0.25) is 0 Å². The highest BCUT2D eigenvalue weighted by Gasteiger charge is 2.50. The second-order valence-electron chi connectivity index (χ2n) is 4.49. The van der Waals surface area contributed by atoms with E-state index in [1.165, 1.54) is 0 Å². The molecule has 1 atom stereocenters. The van der Waals surface area contributed by atoms with Crippen LogP contribution in [0.15, 0.2) is 0 Å². The number of piperazine rings is 1. The zero-order valence-corrected chi connectivity index (χ0v) is 10.1. The van der Waals surface area contributed by atoms with Gasteiger partial charge in [0.05, 0.1) is 6.54 Å². The molecule has 0 aromatic rings. The second kappa shape index (κ2) is 4.81. The average Bonchev–Trinajstić information content (AvgIpc) is 2.19. The Hall–Kier alpha value is -0.820. The van der Waals surface area contributed by atoms with Crippen LogP contribution in [-0.4, -0.2) is 49.5 Å². The molecule has 0 bridgehead atoms. The third kappa shape index (κ3) is 2.90. The van der Waals surface area contributed by atoms with Crippen LogP contribution >= 0.6 is 0 Å². The number of likely N-dealkylation sites (N-methyl/N-ethyl adjacent to an activating group) is 1. The Kier molecular flexibility index (Phi) is 4.03. The van der Waals surface area contributed by atoms with Crippen LogP contribution in [0.25, 0.3) is 0 Å². The number of nitrogens with one attached hydrogen (secondary N) is 1. The summed E-state index contributed by atoms with van der Waals surface area (Å²) in [5.41, 5.74) is -1.23. The van der Waals surface area contributed by atoms with Crippen molar-refractivity contribution in [1.82, 2.24) is 10.2 Å². The van der Waals surface area contributed by atoms with E-state index in [0.717, 1.165) is 0 Å². The van der Waals surface area contributed by atoms with Gasteiger partial charge in [-0.1, -0.05) is 13.8 Å². The van der Waals surface area contributed by atoms with E-state index in [1.54, 1.807) is 25.8 Å². The molecule has 0 radical (unpaired) electrons. The molecule has 0 amide bonds. The fraction of sp³-hybridized carbons (Fsp3) is 0.900. The Labute approximate surface area is 98.1 Å². The van der Waals surface area contributed by atoms with Gasteiger partial charge in [0.15, 0.2) is 5.72 Å². The van der Waals surface area contributed by atoms with Crippen LogP contribution in [0.3, 0.4) is 0 Å². The minimum Gasteiger partial charge on any atom is -0.435 e. The van der Waals surface area contributed by atoms with Gasteiger partial charge in [0.1, 0.15) is 0 Å². The lowest BCUT2D eigenvalue weighted by molar-refractivity contribution is -0.240. The summed E-state index contributed by atoms with van der Waals surface area (Å²) in [6.45, 7) is 4.85. The molecule has 0 saturated carbocycles. The number of carbonyl (C=O) groups is 1. The summed E-state index contributed by atoms with van der Waals surface area (Å²) in [6, 6.07) is 0. The van der Waals surface area contributed by atoms with Gasteiger partial charge in [-0.3, -0.25) is 4.90 Å². The first-order valence-electron chi connectivity index (χ1n) is 5.42. The third-order valence-corrected chi connectivity index (χ3v) is 3.05. The normalized spacial score (nSPS) is 27.2. The molecule has 0 aromatic heterocycles. The first kappa shape index (κ1) is 14.2. The molecule has 1 fully saturated rings. The predicted molar refractivity (Wildman–Crippen MR) is 55.2 cm³/mol. The Balaban J connectivity index is 2.89. The van der Waals surface area contributed by atoms with Gasteiger partial charge in [-0.25, -0.2) is 4.79 Å². The highest BCUT2D eigenvalue weighted by Crippen LogP contribution is 2.30. The molecule has 1 saturated heterocycles. The Morgan fingerprint density at radius 3 is 2.47 bits per heavy atom. The highest BCUT2D eigenvalue weighted by atomic mass is 19.4. The Bertz CT molecular complexity index is 294. The number of rotatable bonds is 2. The van der Waals surface area contributed by atoms with Crippen LogP contribution in [0, 0.1) is 5.92 Å². The summed E-state index contributed by atoms with van der Waals surface area (Å²) >= 11 is 0. The number of ether oxygens (including phenoxy) is 1. The van der Waals surface area contributed by atoms with E-state index in [4.69, 9.17) is 4.74 Å². The van der Waals surface area contributed by atoms with Crippen molar-refractivity contribution in [3.05, 3.63) is 0 Å². The topological polar surface area (TPSA) is 41.6 Å². The van der Waals surface area contributed by atoms with Gasteiger partial charge in [-0.15, -0.1) is 0 Å². The van der Waals surface area contributed by atoms with Crippen LogP contribution in [0.1, 0.15) is 13.8 Å². The molecule has 17 heavy (non-hydrogen) atoms. The van der Waals surface area contributed by atoms with Crippen LogP contribution in [-0.2, 0) is 9.53 Å². The van der Waals surface area contributed by atoms with Crippen molar-refractivity contribution in [1.29, 1.82) is 0 Å². The largest absolute Gasteiger partial charge is 0.490 e. The molecular formula is C10H17F3N2O2. The Morgan fingerprint density at radius 2 is 2.06 bits per heavy atom. The minimum absolute atomic E-state index is 0.197. The van der Waals surface area contributed by atoms with E-state index in [2.05, 4.69) is 5.32 Å². The van der Waals surface area contributed by atoms with Gasteiger partial charge in [0.25, 0.3) is 0 Å². The molecule has 7 heteroatoms. The third-order valence-electron chi connectivity index (χ3n) is 3.05. The Morgan fingerprint density at radius 1 is 1.47 bits per heavy atom. The van der Waals surface area contributed by atoms with Crippen molar-refractivity contribution >= 4 is 5.97 Å². The van der Waals surface area contributed by atoms with Gasteiger partial charge in [-0.05, 0) is 7.05 Å². The van der Waals surface area contributed by atoms with Crippen molar-refractivity contribution in [2.75, 3.05) is 26.7 Å². The smallest absolute Gasteiger partial charge is 0.435 e. The van der Waals surface area contributed by atoms with E-state index in [-0.39, 0.29) is 12.5 Å². The fourth-order valence-electron chi connectivity index (χ4n) is 1.93.